The van der Waals surface area contributed by atoms with E-state index < -0.39 is 0 Å². The molecular formula is C10H15N3. The minimum absolute atomic E-state index is 0.745. The van der Waals surface area contributed by atoms with Crippen LogP contribution >= 0.6 is 0 Å². The monoisotopic (exact) mass is 177 g/mol. The van der Waals surface area contributed by atoms with Crippen LogP contribution in [-0.2, 0) is 7.05 Å². The van der Waals surface area contributed by atoms with Crippen molar-refractivity contribution in [3.8, 4) is 0 Å². The van der Waals surface area contributed by atoms with Crippen molar-refractivity contribution in [1.82, 2.24) is 15.1 Å². The molecular weight excluding hydrogens is 162 g/mol. The number of hydrogen-bond acceptors (Lipinski definition) is 2. The third-order valence-corrected chi connectivity index (χ3v) is 2.97. The molecule has 0 bridgehead atoms. The van der Waals surface area contributed by atoms with Gasteiger partial charge in [0, 0.05) is 31.2 Å². The average Bonchev–Trinajstić information content (AvgIpc) is 3.00. The maximum Gasteiger partial charge on any atom is 0.0525 e. The lowest BCUT2D eigenvalue weighted by atomic mass is 10.2. The summed E-state index contributed by atoms with van der Waals surface area (Å²) in [5.41, 5.74) is 1.40. The maximum atomic E-state index is 4.20. The second kappa shape index (κ2) is 2.58. The van der Waals surface area contributed by atoms with E-state index in [1.54, 1.807) is 0 Å². The molecule has 1 N–H and O–H groups in total. The average molecular weight is 177 g/mol. The van der Waals surface area contributed by atoms with E-state index >= 15 is 0 Å². The molecule has 2 atom stereocenters. The van der Waals surface area contributed by atoms with Crippen LogP contribution in [0, 0.1) is 0 Å². The van der Waals surface area contributed by atoms with Crippen LogP contribution in [0.15, 0.2) is 12.4 Å². The van der Waals surface area contributed by atoms with Gasteiger partial charge in [-0.15, -0.1) is 0 Å². The summed E-state index contributed by atoms with van der Waals surface area (Å²) in [5, 5.41) is 7.84. The quantitative estimate of drug-likeness (QED) is 0.747. The second-order valence-corrected chi connectivity index (χ2v) is 4.34. The van der Waals surface area contributed by atoms with Gasteiger partial charge in [-0.25, -0.2) is 0 Å². The van der Waals surface area contributed by atoms with E-state index in [0.29, 0.717) is 0 Å². The van der Waals surface area contributed by atoms with Gasteiger partial charge in [-0.2, -0.15) is 5.10 Å². The molecule has 0 saturated heterocycles. The van der Waals surface area contributed by atoms with Gasteiger partial charge in [0.1, 0.15) is 0 Å². The summed E-state index contributed by atoms with van der Waals surface area (Å²) < 4.78 is 1.89. The third kappa shape index (κ3) is 1.48. The molecule has 0 spiro atoms. The standard InChI is InChI=1S/C10H15N3/c1-13-6-7(5-11-13)9-4-10(9)12-8-2-3-8/h5-6,8-10,12H,2-4H2,1H3/t9-,10-/m0/s1. The van der Waals surface area contributed by atoms with Crippen LogP contribution in [0.25, 0.3) is 0 Å². The normalized spacial score (nSPS) is 32.1. The summed E-state index contributed by atoms with van der Waals surface area (Å²) in [5.74, 6) is 0.745. The van der Waals surface area contributed by atoms with Crippen LogP contribution in [-0.4, -0.2) is 21.9 Å². The fourth-order valence-electron chi connectivity index (χ4n) is 1.93. The van der Waals surface area contributed by atoms with Crippen molar-refractivity contribution in [3.05, 3.63) is 18.0 Å². The van der Waals surface area contributed by atoms with Crippen molar-refractivity contribution in [3.63, 3.8) is 0 Å². The van der Waals surface area contributed by atoms with Crippen LogP contribution in [0.5, 0.6) is 0 Å². The SMILES string of the molecule is Cn1cc([C@@H]2C[C@@H]2NC2CC2)cn1. The lowest BCUT2D eigenvalue weighted by Crippen LogP contribution is -2.19. The highest BCUT2D eigenvalue weighted by Gasteiger charge is 2.41. The number of nitrogens with one attached hydrogen (secondary N) is 1. The summed E-state index contributed by atoms with van der Waals surface area (Å²) in [6.07, 6.45) is 8.22. The summed E-state index contributed by atoms with van der Waals surface area (Å²) in [6, 6.07) is 1.59. The molecule has 1 aromatic heterocycles. The van der Waals surface area contributed by atoms with E-state index in [-0.39, 0.29) is 0 Å². The predicted octanol–water partition coefficient (Wildman–Crippen LogP) is 1.03. The lowest BCUT2D eigenvalue weighted by molar-refractivity contribution is 0.667. The molecule has 2 fully saturated rings. The highest BCUT2D eigenvalue weighted by atomic mass is 15.2. The number of nitrogens with zero attached hydrogens (tertiary/aromatic N) is 2. The minimum atomic E-state index is 0.745. The topological polar surface area (TPSA) is 29.9 Å². The Morgan fingerprint density at radius 1 is 1.54 bits per heavy atom. The Morgan fingerprint density at radius 3 is 3.00 bits per heavy atom. The molecule has 1 aromatic rings. The Labute approximate surface area is 78.1 Å². The largest absolute Gasteiger partial charge is 0.311 e. The molecule has 0 unspecified atom stereocenters. The summed E-state index contributed by atoms with van der Waals surface area (Å²) in [7, 11) is 1.98. The van der Waals surface area contributed by atoms with E-state index in [1.165, 1.54) is 24.8 Å². The van der Waals surface area contributed by atoms with E-state index in [2.05, 4.69) is 16.6 Å². The van der Waals surface area contributed by atoms with Gasteiger partial charge in [-0.05, 0) is 24.8 Å². The van der Waals surface area contributed by atoms with Crippen LogP contribution in [0.3, 0.4) is 0 Å². The fraction of sp³-hybridized carbons (Fsp3) is 0.700. The minimum Gasteiger partial charge on any atom is -0.311 e. The number of rotatable bonds is 3. The highest BCUT2D eigenvalue weighted by molar-refractivity contribution is 5.23. The van der Waals surface area contributed by atoms with Crippen LogP contribution in [0.1, 0.15) is 30.7 Å². The summed E-state index contributed by atoms with van der Waals surface area (Å²) in [4.78, 5) is 0. The van der Waals surface area contributed by atoms with Crippen molar-refractivity contribution in [2.75, 3.05) is 0 Å². The van der Waals surface area contributed by atoms with E-state index in [1.807, 2.05) is 17.9 Å². The summed E-state index contributed by atoms with van der Waals surface area (Å²) in [6.45, 7) is 0. The van der Waals surface area contributed by atoms with Gasteiger partial charge in [0.2, 0.25) is 0 Å². The van der Waals surface area contributed by atoms with Gasteiger partial charge in [0.05, 0.1) is 6.20 Å². The van der Waals surface area contributed by atoms with Crippen LogP contribution in [0.4, 0.5) is 0 Å². The van der Waals surface area contributed by atoms with Gasteiger partial charge >= 0.3 is 0 Å². The zero-order valence-electron chi connectivity index (χ0n) is 7.90. The number of aromatic nitrogens is 2. The zero-order valence-corrected chi connectivity index (χ0v) is 7.90. The molecule has 0 aromatic carbocycles. The number of hydrogen-bond donors (Lipinski definition) is 1. The molecule has 2 saturated carbocycles. The van der Waals surface area contributed by atoms with Crippen molar-refractivity contribution in [2.45, 2.75) is 37.3 Å². The first-order valence-corrected chi connectivity index (χ1v) is 5.07. The Balaban J connectivity index is 1.62. The first-order chi connectivity index (χ1) is 6.33. The Hall–Kier alpha value is -0.830. The summed E-state index contributed by atoms with van der Waals surface area (Å²) >= 11 is 0. The first kappa shape index (κ1) is 7.56. The van der Waals surface area contributed by atoms with Crippen molar-refractivity contribution in [2.24, 2.45) is 7.05 Å². The zero-order chi connectivity index (χ0) is 8.84. The smallest absolute Gasteiger partial charge is 0.0525 e. The molecule has 1 heterocycles. The molecule has 3 nitrogen and oxygen atoms in total. The Morgan fingerprint density at radius 2 is 2.38 bits per heavy atom. The van der Waals surface area contributed by atoms with E-state index in [9.17, 15) is 0 Å². The van der Waals surface area contributed by atoms with Crippen molar-refractivity contribution in [1.29, 1.82) is 0 Å². The van der Waals surface area contributed by atoms with Gasteiger partial charge < -0.3 is 5.32 Å². The highest BCUT2D eigenvalue weighted by Crippen LogP contribution is 2.42. The number of aryl methyl sites for hydroxylation is 1. The Bertz CT molecular complexity index is 314. The molecule has 3 rings (SSSR count). The molecule has 0 radical (unpaired) electrons. The van der Waals surface area contributed by atoms with Gasteiger partial charge in [0.15, 0.2) is 0 Å². The van der Waals surface area contributed by atoms with Gasteiger partial charge in [0.25, 0.3) is 0 Å². The molecule has 0 amide bonds. The first-order valence-electron chi connectivity index (χ1n) is 5.07. The molecule has 0 aliphatic heterocycles. The predicted molar refractivity (Wildman–Crippen MR) is 50.5 cm³/mol. The van der Waals surface area contributed by atoms with Gasteiger partial charge in [-0.3, -0.25) is 4.68 Å². The van der Waals surface area contributed by atoms with Crippen LogP contribution < -0.4 is 5.32 Å². The lowest BCUT2D eigenvalue weighted by Gasteiger charge is -1.98. The van der Waals surface area contributed by atoms with E-state index in [4.69, 9.17) is 0 Å². The van der Waals surface area contributed by atoms with Crippen molar-refractivity contribution >= 4 is 0 Å². The molecule has 70 valence electrons. The molecule has 3 heteroatoms. The van der Waals surface area contributed by atoms with E-state index in [0.717, 1.165) is 18.0 Å². The Kier molecular flexibility index (Phi) is 1.50. The second-order valence-electron chi connectivity index (χ2n) is 4.34. The molecule has 13 heavy (non-hydrogen) atoms. The maximum absolute atomic E-state index is 4.20. The van der Waals surface area contributed by atoms with Crippen molar-refractivity contribution < 1.29 is 0 Å². The van der Waals surface area contributed by atoms with Crippen LogP contribution in [0.2, 0.25) is 0 Å². The molecule has 2 aliphatic rings. The third-order valence-electron chi connectivity index (χ3n) is 2.97. The molecule has 2 aliphatic carbocycles. The van der Waals surface area contributed by atoms with Gasteiger partial charge in [-0.1, -0.05) is 0 Å². The fourth-order valence-corrected chi connectivity index (χ4v) is 1.93.